The quantitative estimate of drug-likeness (QED) is 0.805. The van der Waals surface area contributed by atoms with Gasteiger partial charge in [0.2, 0.25) is 0 Å². The summed E-state index contributed by atoms with van der Waals surface area (Å²) in [5.74, 6) is 1.20. The smallest absolute Gasteiger partial charge is 0.0488 e. The third-order valence-electron chi connectivity index (χ3n) is 2.69. The minimum Gasteiger partial charge on any atom is -0.259 e. The maximum atomic E-state index is 11.7. The van der Waals surface area contributed by atoms with E-state index in [0.717, 1.165) is 11.1 Å². The van der Waals surface area contributed by atoms with E-state index in [0.29, 0.717) is 11.5 Å². The molecule has 0 radical (unpaired) electrons. The van der Waals surface area contributed by atoms with Crippen molar-refractivity contribution in [3.63, 3.8) is 0 Å². The van der Waals surface area contributed by atoms with E-state index in [1.807, 2.05) is 52.0 Å². The van der Waals surface area contributed by atoms with Crippen molar-refractivity contribution in [3.8, 4) is 0 Å². The van der Waals surface area contributed by atoms with Crippen LogP contribution in [0.2, 0.25) is 0 Å². The van der Waals surface area contributed by atoms with Crippen molar-refractivity contribution in [2.45, 2.75) is 49.7 Å². The van der Waals surface area contributed by atoms with Crippen molar-refractivity contribution < 1.29 is 8.42 Å². The van der Waals surface area contributed by atoms with Gasteiger partial charge in [0.1, 0.15) is 0 Å². The Hall–Kier alpha value is -0.480. The summed E-state index contributed by atoms with van der Waals surface area (Å²) in [7, 11) is -1.61. The average molecular weight is 286 g/mol. The monoisotopic (exact) mass is 286 g/mol. The van der Waals surface area contributed by atoms with Gasteiger partial charge in [-0.15, -0.1) is 0 Å². The van der Waals surface area contributed by atoms with Crippen molar-refractivity contribution in [1.29, 1.82) is 0 Å². The summed E-state index contributed by atoms with van der Waals surface area (Å²) < 4.78 is 23.5. The highest BCUT2D eigenvalue weighted by Crippen LogP contribution is 2.12. The summed E-state index contributed by atoms with van der Waals surface area (Å²) in [5, 5.41) is 0.385. The van der Waals surface area contributed by atoms with E-state index in [2.05, 4.69) is 0 Å². The van der Waals surface area contributed by atoms with Crippen molar-refractivity contribution in [2.24, 2.45) is 0 Å². The Labute approximate surface area is 115 Å². The van der Waals surface area contributed by atoms with Gasteiger partial charge in [0, 0.05) is 43.6 Å². The van der Waals surface area contributed by atoms with E-state index >= 15 is 0 Å². The lowest BCUT2D eigenvalue weighted by Gasteiger charge is -2.08. The predicted molar refractivity (Wildman–Crippen MR) is 80.4 cm³/mol. The van der Waals surface area contributed by atoms with Gasteiger partial charge >= 0.3 is 0 Å². The van der Waals surface area contributed by atoms with Gasteiger partial charge in [-0.3, -0.25) is 8.42 Å². The minimum absolute atomic E-state index is 0.193. The van der Waals surface area contributed by atoms with Gasteiger partial charge in [0.25, 0.3) is 0 Å². The van der Waals surface area contributed by atoms with Gasteiger partial charge in [-0.1, -0.05) is 52.0 Å². The zero-order valence-corrected chi connectivity index (χ0v) is 13.1. The first kappa shape index (κ1) is 15.6. The van der Waals surface area contributed by atoms with Gasteiger partial charge in [0.05, 0.1) is 0 Å². The molecule has 2 nitrogen and oxygen atoms in total. The second-order valence-corrected chi connectivity index (χ2v) is 8.95. The second kappa shape index (κ2) is 7.19. The van der Waals surface area contributed by atoms with Crippen LogP contribution in [0.4, 0.5) is 0 Å². The lowest BCUT2D eigenvalue weighted by molar-refractivity contribution is 0.675. The van der Waals surface area contributed by atoms with Gasteiger partial charge in [-0.25, -0.2) is 0 Å². The Balaban J connectivity index is 2.63. The molecule has 0 aliphatic carbocycles. The van der Waals surface area contributed by atoms with E-state index in [4.69, 9.17) is 0 Å². The molecular formula is C14H22O2S2. The molecule has 0 amide bonds. The molecule has 0 N–H and O–H groups in total. The Morgan fingerprint density at radius 3 is 1.28 bits per heavy atom. The molecule has 102 valence electrons. The molecule has 0 saturated carbocycles. The summed E-state index contributed by atoms with van der Waals surface area (Å²) in [6.45, 7) is 7.87. The fourth-order valence-electron chi connectivity index (χ4n) is 1.39. The molecule has 2 atom stereocenters. The van der Waals surface area contributed by atoms with Crippen LogP contribution in [-0.4, -0.2) is 18.9 Å². The molecule has 0 bridgehead atoms. The number of rotatable bonds is 6. The third kappa shape index (κ3) is 5.02. The fraction of sp³-hybridized carbons (Fsp3) is 0.571. The van der Waals surface area contributed by atoms with Crippen LogP contribution in [0.1, 0.15) is 38.8 Å². The standard InChI is InChI=1S/C14H22O2S2/c1-11(2)17(15)9-13-5-7-14(8-6-13)10-18(16)12(3)4/h5-8,11-12H,9-10H2,1-4H3. The first-order chi connectivity index (χ1) is 8.40. The molecule has 0 heterocycles. The van der Waals surface area contributed by atoms with E-state index in [9.17, 15) is 8.42 Å². The van der Waals surface area contributed by atoms with Crippen molar-refractivity contribution in [1.82, 2.24) is 0 Å². The summed E-state index contributed by atoms with van der Waals surface area (Å²) >= 11 is 0. The lowest BCUT2D eigenvalue weighted by Crippen LogP contribution is -2.09. The fourth-order valence-corrected chi connectivity index (χ4v) is 3.10. The van der Waals surface area contributed by atoms with E-state index in [1.54, 1.807) is 0 Å². The lowest BCUT2D eigenvalue weighted by atomic mass is 10.2. The van der Waals surface area contributed by atoms with Gasteiger partial charge in [0.15, 0.2) is 0 Å². The molecular weight excluding hydrogens is 264 g/mol. The molecule has 2 unspecified atom stereocenters. The Kier molecular flexibility index (Phi) is 6.22. The van der Waals surface area contributed by atoms with Crippen LogP contribution in [0, 0.1) is 0 Å². The number of hydrogen-bond donors (Lipinski definition) is 0. The number of benzene rings is 1. The Bertz CT molecular complexity index is 381. The first-order valence-corrected chi connectivity index (χ1v) is 8.98. The summed E-state index contributed by atoms with van der Waals surface area (Å²) in [5.41, 5.74) is 2.17. The van der Waals surface area contributed by atoms with E-state index < -0.39 is 21.6 Å². The molecule has 0 aliphatic rings. The molecule has 0 saturated heterocycles. The largest absolute Gasteiger partial charge is 0.259 e. The predicted octanol–water partition coefficient (Wildman–Crippen LogP) is 3.00. The molecule has 1 aromatic carbocycles. The topological polar surface area (TPSA) is 34.1 Å². The molecule has 1 rings (SSSR count). The van der Waals surface area contributed by atoms with Crippen LogP contribution >= 0.6 is 0 Å². The molecule has 0 fully saturated rings. The zero-order chi connectivity index (χ0) is 13.7. The van der Waals surface area contributed by atoms with Crippen LogP contribution < -0.4 is 0 Å². The highest BCUT2D eigenvalue weighted by atomic mass is 32.2. The van der Waals surface area contributed by atoms with E-state index in [-0.39, 0.29) is 10.5 Å². The van der Waals surface area contributed by atoms with Gasteiger partial charge in [-0.2, -0.15) is 0 Å². The number of hydrogen-bond acceptors (Lipinski definition) is 2. The highest BCUT2D eigenvalue weighted by molar-refractivity contribution is 7.85. The second-order valence-electron chi connectivity index (χ2n) is 4.96. The molecule has 0 aliphatic heterocycles. The summed E-state index contributed by atoms with van der Waals surface area (Å²) in [6.07, 6.45) is 0. The van der Waals surface area contributed by atoms with Crippen LogP contribution in [0.5, 0.6) is 0 Å². The SMILES string of the molecule is CC(C)S(=O)Cc1ccc(CS(=O)C(C)C)cc1. The molecule has 1 aromatic rings. The average Bonchev–Trinajstić information content (AvgIpc) is 2.31. The Morgan fingerprint density at radius 2 is 1.06 bits per heavy atom. The van der Waals surface area contributed by atoms with Crippen LogP contribution in [0.3, 0.4) is 0 Å². The summed E-state index contributed by atoms with van der Waals surface area (Å²) in [6, 6.07) is 7.97. The first-order valence-electron chi connectivity index (χ1n) is 6.22. The molecule has 0 aromatic heterocycles. The van der Waals surface area contributed by atoms with Crippen LogP contribution in [0.25, 0.3) is 0 Å². The maximum Gasteiger partial charge on any atom is 0.0488 e. The normalized spacial score (nSPS) is 15.0. The van der Waals surface area contributed by atoms with Crippen molar-refractivity contribution in [2.75, 3.05) is 0 Å². The van der Waals surface area contributed by atoms with Gasteiger partial charge < -0.3 is 0 Å². The van der Waals surface area contributed by atoms with Crippen molar-refractivity contribution >= 4 is 21.6 Å². The molecule has 0 spiro atoms. The van der Waals surface area contributed by atoms with E-state index in [1.165, 1.54) is 0 Å². The third-order valence-corrected chi connectivity index (χ3v) is 6.03. The molecule has 4 heteroatoms. The minimum atomic E-state index is -0.807. The maximum absolute atomic E-state index is 11.7. The molecule has 18 heavy (non-hydrogen) atoms. The van der Waals surface area contributed by atoms with Crippen molar-refractivity contribution in [3.05, 3.63) is 35.4 Å². The Morgan fingerprint density at radius 1 is 0.778 bits per heavy atom. The van der Waals surface area contributed by atoms with Crippen LogP contribution in [0.15, 0.2) is 24.3 Å². The highest BCUT2D eigenvalue weighted by Gasteiger charge is 2.08. The van der Waals surface area contributed by atoms with Crippen LogP contribution in [-0.2, 0) is 33.1 Å². The zero-order valence-electron chi connectivity index (χ0n) is 11.5. The summed E-state index contributed by atoms with van der Waals surface area (Å²) in [4.78, 5) is 0. The van der Waals surface area contributed by atoms with Gasteiger partial charge in [-0.05, 0) is 11.1 Å².